The quantitative estimate of drug-likeness (QED) is 0.459. The van der Waals surface area contributed by atoms with Crippen molar-refractivity contribution in [2.24, 2.45) is 5.84 Å². The van der Waals surface area contributed by atoms with Gasteiger partial charge in [0.1, 0.15) is 17.2 Å². The highest BCUT2D eigenvalue weighted by Crippen LogP contribution is 2.26. The second-order valence-electron chi connectivity index (χ2n) is 4.39. The predicted octanol–water partition coefficient (Wildman–Crippen LogP) is 2.89. The maximum atomic E-state index is 13.1. The Labute approximate surface area is 111 Å². The molecule has 1 heterocycles. The van der Waals surface area contributed by atoms with Crippen LogP contribution in [0, 0.1) is 5.82 Å². The van der Waals surface area contributed by atoms with Crippen molar-refractivity contribution in [2.75, 3.05) is 13.2 Å². The smallest absolute Gasteiger partial charge is 0.134 e. The van der Waals surface area contributed by atoms with E-state index in [4.69, 9.17) is 15.0 Å². The monoisotopic (exact) mass is 266 g/mol. The van der Waals surface area contributed by atoms with Crippen LogP contribution in [-0.2, 0) is 4.74 Å². The van der Waals surface area contributed by atoms with Gasteiger partial charge in [-0.15, -0.1) is 0 Å². The summed E-state index contributed by atoms with van der Waals surface area (Å²) in [6.07, 6.45) is 1.69. The summed E-state index contributed by atoms with van der Waals surface area (Å²) in [5, 5.41) is 0.750. The first-order chi connectivity index (χ1) is 9.24. The predicted molar refractivity (Wildman–Crippen MR) is 72.0 cm³/mol. The Balaban J connectivity index is 2.07. The molecule has 0 saturated heterocycles. The molecule has 1 aromatic carbocycles. The summed E-state index contributed by atoms with van der Waals surface area (Å²) in [5.74, 6) is 6.00. The van der Waals surface area contributed by atoms with Gasteiger partial charge < -0.3 is 9.15 Å². The third kappa shape index (κ3) is 3.53. The van der Waals surface area contributed by atoms with Crippen LogP contribution >= 0.6 is 0 Å². The number of fused-ring (bicyclic) bond motifs is 1. The van der Waals surface area contributed by atoms with Gasteiger partial charge in [0, 0.05) is 18.6 Å². The van der Waals surface area contributed by atoms with Crippen molar-refractivity contribution in [3.63, 3.8) is 0 Å². The molecule has 2 aromatic rings. The molecule has 0 aliphatic rings. The van der Waals surface area contributed by atoms with E-state index in [0.29, 0.717) is 18.8 Å². The Morgan fingerprint density at radius 3 is 3.00 bits per heavy atom. The molecule has 1 atom stereocenters. The Bertz CT molecular complexity index is 527. The third-order valence-electron chi connectivity index (χ3n) is 3.03. The van der Waals surface area contributed by atoms with E-state index >= 15 is 0 Å². The van der Waals surface area contributed by atoms with Crippen LogP contribution in [0.4, 0.5) is 4.39 Å². The highest BCUT2D eigenvalue weighted by molar-refractivity contribution is 5.78. The molecule has 0 saturated carbocycles. The normalized spacial score (nSPS) is 13.0. The molecule has 0 spiro atoms. The largest absolute Gasteiger partial charge is 0.459 e. The number of halogens is 1. The second-order valence-corrected chi connectivity index (χ2v) is 4.39. The fourth-order valence-corrected chi connectivity index (χ4v) is 2.05. The van der Waals surface area contributed by atoms with Crippen LogP contribution < -0.4 is 11.3 Å². The van der Waals surface area contributed by atoms with E-state index in [9.17, 15) is 4.39 Å². The van der Waals surface area contributed by atoms with E-state index < -0.39 is 0 Å². The number of ether oxygens (including phenoxy) is 1. The Kier molecular flexibility index (Phi) is 4.90. The van der Waals surface area contributed by atoms with Gasteiger partial charge in [0.15, 0.2) is 0 Å². The summed E-state index contributed by atoms with van der Waals surface area (Å²) in [5.41, 5.74) is 3.40. The van der Waals surface area contributed by atoms with Crippen molar-refractivity contribution >= 4 is 11.0 Å². The van der Waals surface area contributed by atoms with Crippen molar-refractivity contribution in [2.45, 2.75) is 25.8 Å². The van der Waals surface area contributed by atoms with Crippen molar-refractivity contribution < 1.29 is 13.5 Å². The molecule has 4 nitrogen and oxygen atoms in total. The van der Waals surface area contributed by atoms with E-state index in [1.54, 1.807) is 6.07 Å². The molecule has 0 aliphatic carbocycles. The number of hydrogen-bond acceptors (Lipinski definition) is 4. The molecular weight excluding hydrogens is 247 g/mol. The van der Waals surface area contributed by atoms with Gasteiger partial charge in [-0.3, -0.25) is 5.84 Å². The number of hydrogen-bond donors (Lipinski definition) is 2. The highest BCUT2D eigenvalue weighted by Gasteiger charge is 2.15. The summed E-state index contributed by atoms with van der Waals surface area (Å²) in [6, 6.07) is 6.20. The van der Waals surface area contributed by atoms with E-state index in [1.165, 1.54) is 12.1 Å². The number of hydrazine groups is 1. The first kappa shape index (κ1) is 14.0. The Morgan fingerprint density at radius 1 is 1.42 bits per heavy atom. The SMILES string of the molecule is CCOCCCC(NN)c1cc2cc(F)ccc2o1. The summed E-state index contributed by atoms with van der Waals surface area (Å²) < 4.78 is 24.1. The molecule has 1 aromatic heterocycles. The molecule has 5 heteroatoms. The summed E-state index contributed by atoms with van der Waals surface area (Å²) >= 11 is 0. The maximum Gasteiger partial charge on any atom is 0.134 e. The lowest BCUT2D eigenvalue weighted by molar-refractivity contribution is 0.140. The molecule has 19 heavy (non-hydrogen) atoms. The topological polar surface area (TPSA) is 60.4 Å². The third-order valence-corrected chi connectivity index (χ3v) is 3.03. The minimum atomic E-state index is -0.270. The maximum absolute atomic E-state index is 13.1. The zero-order chi connectivity index (χ0) is 13.7. The minimum absolute atomic E-state index is 0.0871. The van der Waals surface area contributed by atoms with Gasteiger partial charge in [-0.25, -0.2) is 9.82 Å². The molecule has 1 unspecified atom stereocenters. The van der Waals surface area contributed by atoms with Crippen LogP contribution in [0.25, 0.3) is 11.0 Å². The molecule has 2 rings (SSSR count). The number of nitrogens with one attached hydrogen (secondary N) is 1. The summed E-state index contributed by atoms with van der Waals surface area (Å²) in [4.78, 5) is 0. The van der Waals surface area contributed by atoms with Crippen molar-refractivity contribution in [1.82, 2.24) is 5.43 Å². The Hall–Kier alpha value is -1.43. The average Bonchev–Trinajstić information content (AvgIpc) is 2.81. The average molecular weight is 266 g/mol. The van der Waals surface area contributed by atoms with Crippen LogP contribution in [0.5, 0.6) is 0 Å². The lowest BCUT2D eigenvalue weighted by atomic mass is 10.1. The minimum Gasteiger partial charge on any atom is -0.459 e. The fourth-order valence-electron chi connectivity index (χ4n) is 2.05. The van der Waals surface area contributed by atoms with E-state index in [-0.39, 0.29) is 11.9 Å². The molecule has 0 aliphatic heterocycles. The van der Waals surface area contributed by atoms with Gasteiger partial charge in [-0.1, -0.05) is 0 Å². The highest BCUT2D eigenvalue weighted by atomic mass is 19.1. The molecular formula is C14H19FN2O2. The Morgan fingerprint density at radius 2 is 2.26 bits per heavy atom. The molecule has 0 amide bonds. The second kappa shape index (κ2) is 6.65. The number of benzene rings is 1. The zero-order valence-corrected chi connectivity index (χ0v) is 11.0. The number of nitrogens with two attached hydrogens (primary N) is 1. The standard InChI is InChI=1S/C14H19FN2O2/c1-2-18-7-3-4-12(17-16)14-9-10-8-11(15)5-6-13(10)19-14/h5-6,8-9,12,17H,2-4,7,16H2,1H3. The van der Waals surface area contributed by atoms with Gasteiger partial charge >= 0.3 is 0 Å². The van der Waals surface area contributed by atoms with Crippen LogP contribution in [-0.4, -0.2) is 13.2 Å². The van der Waals surface area contributed by atoms with Gasteiger partial charge in [0.05, 0.1) is 6.04 Å². The van der Waals surface area contributed by atoms with E-state index in [1.807, 2.05) is 13.0 Å². The molecule has 104 valence electrons. The fraction of sp³-hybridized carbons (Fsp3) is 0.429. The van der Waals surface area contributed by atoms with Crippen molar-refractivity contribution in [1.29, 1.82) is 0 Å². The van der Waals surface area contributed by atoms with Crippen LogP contribution in [0.1, 0.15) is 31.6 Å². The van der Waals surface area contributed by atoms with Gasteiger partial charge in [-0.05, 0) is 44.0 Å². The summed E-state index contributed by atoms with van der Waals surface area (Å²) in [6.45, 7) is 3.38. The lowest BCUT2D eigenvalue weighted by Gasteiger charge is -2.12. The van der Waals surface area contributed by atoms with Crippen molar-refractivity contribution in [3.05, 3.63) is 35.8 Å². The number of furan rings is 1. The van der Waals surface area contributed by atoms with Gasteiger partial charge in [0.2, 0.25) is 0 Å². The lowest BCUT2D eigenvalue weighted by Crippen LogP contribution is -2.27. The molecule has 0 bridgehead atoms. The van der Waals surface area contributed by atoms with Crippen LogP contribution in [0.2, 0.25) is 0 Å². The van der Waals surface area contributed by atoms with E-state index in [2.05, 4.69) is 5.43 Å². The van der Waals surface area contributed by atoms with Crippen molar-refractivity contribution in [3.8, 4) is 0 Å². The summed E-state index contributed by atoms with van der Waals surface area (Å²) in [7, 11) is 0. The first-order valence-electron chi connectivity index (χ1n) is 6.47. The number of rotatable bonds is 7. The zero-order valence-electron chi connectivity index (χ0n) is 11.0. The van der Waals surface area contributed by atoms with Crippen LogP contribution in [0.15, 0.2) is 28.7 Å². The first-order valence-corrected chi connectivity index (χ1v) is 6.47. The van der Waals surface area contributed by atoms with Gasteiger partial charge in [-0.2, -0.15) is 0 Å². The van der Waals surface area contributed by atoms with Gasteiger partial charge in [0.25, 0.3) is 0 Å². The van der Waals surface area contributed by atoms with Crippen LogP contribution in [0.3, 0.4) is 0 Å². The molecule has 0 fully saturated rings. The molecule has 0 radical (unpaired) electrons. The molecule has 3 N–H and O–H groups in total. The van der Waals surface area contributed by atoms with E-state index in [0.717, 1.165) is 24.0 Å².